The van der Waals surface area contributed by atoms with E-state index in [0.717, 1.165) is 18.9 Å². The summed E-state index contributed by atoms with van der Waals surface area (Å²) in [5.41, 5.74) is 0.705. The average Bonchev–Trinajstić information content (AvgIpc) is 3.27. The molecule has 3 nitrogen and oxygen atoms in total. The summed E-state index contributed by atoms with van der Waals surface area (Å²) in [4.78, 5) is 15.1. The van der Waals surface area contributed by atoms with Crippen LogP contribution in [0.25, 0.3) is 0 Å². The summed E-state index contributed by atoms with van der Waals surface area (Å²) >= 11 is 5.87. The second kappa shape index (κ2) is 5.29. The van der Waals surface area contributed by atoms with Crippen molar-refractivity contribution in [2.45, 2.75) is 62.7 Å². The first-order valence-corrected chi connectivity index (χ1v) is 8.42. The predicted molar refractivity (Wildman–Crippen MR) is 83.6 cm³/mol. The van der Waals surface area contributed by atoms with Gasteiger partial charge < -0.3 is 5.32 Å². The van der Waals surface area contributed by atoms with Crippen LogP contribution in [0.15, 0.2) is 24.3 Å². The minimum Gasteiger partial charge on any atom is -0.349 e. The van der Waals surface area contributed by atoms with E-state index in [0.29, 0.717) is 28.7 Å². The molecular formula is C17H21ClN2O. The molecule has 21 heavy (non-hydrogen) atoms. The maximum absolute atomic E-state index is 12.3. The fourth-order valence-corrected chi connectivity index (χ4v) is 4.30. The zero-order valence-electron chi connectivity index (χ0n) is 12.1. The lowest BCUT2D eigenvalue weighted by Gasteiger charge is -2.39. The largest absolute Gasteiger partial charge is 0.349 e. The molecule has 0 aromatic heterocycles. The van der Waals surface area contributed by atoms with Gasteiger partial charge >= 0.3 is 0 Å². The first kappa shape index (κ1) is 13.6. The summed E-state index contributed by atoms with van der Waals surface area (Å²) in [5.74, 6) is 0.0379. The Morgan fingerprint density at radius 2 is 1.57 bits per heavy atom. The molecule has 1 saturated carbocycles. The van der Waals surface area contributed by atoms with Crippen LogP contribution in [0.2, 0.25) is 5.02 Å². The maximum Gasteiger partial charge on any atom is 0.251 e. The lowest BCUT2D eigenvalue weighted by atomic mass is 9.96. The van der Waals surface area contributed by atoms with Crippen molar-refractivity contribution in [2.24, 2.45) is 0 Å². The van der Waals surface area contributed by atoms with Crippen LogP contribution in [0.4, 0.5) is 0 Å². The molecule has 2 saturated heterocycles. The molecule has 1 aliphatic carbocycles. The third-order valence-electron chi connectivity index (χ3n) is 5.20. The van der Waals surface area contributed by atoms with Gasteiger partial charge in [-0.25, -0.2) is 0 Å². The number of fused-ring (bicyclic) bond motifs is 2. The Hall–Kier alpha value is -1.06. The summed E-state index contributed by atoms with van der Waals surface area (Å²) in [5, 5.41) is 3.90. The van der Waals surface area contributed by atoms with Crippen LogP contribution in [-0.4, -0.2) is 35.0 Å². The molecule has 3 aliphatic rings. The number of benzene rings is 1. The first-order valence-electron chi connectivity index (χ1n) is 8.04. The van der Waals surface area contributed by atoms with Gasteiger partial charge in [0.05, 0.1) is 0 Å². The van der Waals surface area contributed by atoms with Crippen molar-refractivity contribution in [3.05, 3.63) is 34.9 Å². The summed E-state index contributed by atoms with van der Waals surface area (Å²) in [6.45, 7) is 0. The van der Waals surface area contributed by atoms with E-state index in [4.69, 9.17) is 11.6 Å². The van der Waals surface area contributed by atoms with E-state index in [1.165, 1.54) is 25.7 Å². The Morgan fingerprint density at radius 3 is 2.14 bits per heavy atom. The third kappa shape index (κ3) is 2.69. The van der Waals surface area contributed by atoms with Crippen molar-refractivity contribution >= 4 is 17.5 Å². The predicted octanol–water partition coefficient (Wildman–Crippen LogP) is 3.23. The smallest absolute Gasteiger partial charge is 0.251 e. The number of rotatable bonds is 3. The number of amides is 1. The van der Waals surface area contributed by atoms with Crippen LogP contribution in [0.5, 0.6) is 0 Å². The molecule has 2 heterocycles. The molecule has 1 N–H and O–H groups in total. The third-order valence-corrected chi connectivity index (χ3v) is 5.45. The molecular weight excluding hydrogens is 284 g/mol. The van der Waals surface area contributed by atoms with Crippen molar-refractivity contribution in [1.82, 2.24) is 10.2 Å². The maximum atomic E-state index is 12.3. The second-order valence-electron chi connectivity index (χ2n) is 6.71. The number of hydrogen-bond donors (Lipinski definition) is 1. The van der Waals surface area contributed by atoms with Gasteiger partial charge in [-0.1, -0.05) is 11.6 Å². The zero-order valence-corrected chi connectivity index (χ0v) is 12.9. The minimum atomic E-state index is 0.0379. The molecule has 0 spiro atoms. The highest BCUT2D eigenvalue weighted by molar-refractivity contribution is 6.30. The molecule has 4 heteroatoms. The Labute approximate surface area is 130 Å². The molecule has 112 valence electrons. The van der Waals surface area contributed by atoms with Crippen LogP contribution in [-0.2, 0) is 0 Å². The highest BCUT2D eigenvalue weighted by Crippen LogP contribution is 2.43. The molecule has 1 aromatic carbocycles. The lowest BCUT2D eigenvalue weighted by Crippen LogP contribution is -2.51. The molecule has 2 aliphatic heterocycles. The van der Waals surface area contributed by atoms with Crippen molar-refractivity contribution in [3.63, 3.8) is 0 Å². The van der Waals surface area contributed by atoms with E-state index >= 15 is 0 Å². The molecule has 1 amide bonds. The fourth-order valence-electron chi connectivity index (χ4n) is 4.17. The molecule has 3 fully saturated rings. The Morgan fingerprint density at radius 1 is 1.00 bits per heavy atom. The van der Waals surface area contributed by atoms with E-state index in [2.05, 4.69) is 10.2 Å². The number of carbonyl (C=O) groups excluding carboxylic acids is 1. The van der Waals surface area contributed by atoms with Crippen molar-refractivity contribution in [2.75, 3.05) is 0 Å². The summed E-state index contributed by atoms with van der Waals surface area (Å²) < 4.78 is 0. The summed E-state index contributed by atoms with van der Waals surface area (Å²) in [6, 6.07) is 9.73. The number of nitrogens with zero attached hydrogens (tertiary/aromatic N) is 1. The zero-order chi connectivity index (χ0) is 14.4. The van der Waals surface area contributed by atoms with Gasteiger partial charge in [0.1, 0.15) is 0 Å². The van der Waals surface area contributed by atoms with Crippen molar-refractivity contribution < 1.29 is 4.79 Å². The minimum absolute atomic E-state index is 0.0379. The van der Waals surface area contributed by atoms with Gasteiger partial charge in [-0.05, 0) is 62.8 Å². The van der Waals surface area contributed by atoms with Crippen molar-refractivity contribution in [1.29, 1.82) is 0 Å². The van der Waals surface area contributed by atoms with E-state index in [9.17, 15) is 4.79 Å². The number of halogens is 1. The lowest BCUT2D eigenvalue weighted by molar-refractivity contribution is 0.0827. The Bertz CT molecular complexity index is 526. The van der Waals surface area contributed by atoms with E-state index in [-0.39, 0.29) is 5.91 Å². The highest BCUT2D eigenvalue weighted by Gasteiger charge is 2.47. The number of carbonyl (C=O) groups is 1. The SMILES string of the molecule is O=C(NC1C[C@H]2CC[C@H](C1)N2C1CC1)c1ccc(Cl)cc1. The van der Waals surface area contributed by atoms with Crippen LogP contribution < -0.4 is 5.32 Å². The van der Waals surface area contributed by atoms with Gasteiger partial charge in [-0.15, -0.1) is 0 Å². The number of hydrogen-bond acceptors (Lipinski definition) is 2. The molecule has 2 bridgehead atoms. The monoisotopic (exact) mass is 304 g/mol. The Kier molecular flexibility index (Phi) is 3.43. The standard InChI is InChI=1S/C17H21ClN2O/c18-12-3-1-11(2-4-12)17(21)19-13-9-15-7-8-16(10-13)20(15)14-5-6-14/h1-4,13-16H,5-10H2,(H,19,21)/t15-,16-/m1/s1. The molecule has 0 unspecified atom stereocenters. The molecule has 4 rings (SSSR count). The second-order valence-corrected chi connectivity index (χ2v) is 7.15. The highest BCUT2D eigenvalue weighted by atomic mass is 35.5. The number of piperidine rings is 1. The average molecular weight is 305 g/mol. The summed E-state index contributed by atoms with van der Waals surface area (Å²) in [7, 11) is 0. The van der Waals surface area contributed by atoms with Crippen molar-refractivity contribution in [3.8, 4) is 0 Å². The summed E-state index contributed by atoms with van der Waals surface area (Å²) in [6.07, 6.45) is 7.63. The van der Waals surface area contributed by atoms with Gasteiger partial charge in [-0.3, -0.25) is 9.69 Å². The normalized spacial score (nSPS) is 32.1. The van der Waals surface area contributed by atoms with E-state index < -0.39 is 0 Å². The van der Waals surface area contributed by atoms with Crippen LogP contribution in [0.1, 0.15) is 48.9 Å². The molecule has 0 radical (unpaired) electrons. The Balaban J connectivity index is 1.40. The quantitative estimate of drug-likeness (QED) is 0.930. The fraction of sp³-hybridized carbons (Fsp3) is 0.588. The van der Waals surface area contributed by atoms with Gasteiger partial charge in [0.25, 0.3) is 5.91 Å². The number of nitrogens with one attached hydrogen (secondary N) is 1. The van der Waals surface area contributed by atoms with Gasteiger partial charge in [-0.2, -0.15) is 0 Å². The van der Waals surface area contributed by atoms with Gasteiger partial charge in [0.15, 0.2) is 0 Å². The van der Waals surface area contributed by atoms with Gasteiger partial charge in [0, 0.05) is 34.8 Å². The molecule has 2 atom stereocenters. The topological polar surface area (TPSA) is 32.3 Å². The van der Waals surface area contributed by atoms with Gasteiger partial charge in [0.2, 0.25) is 0 Å². The van der Waals surface area contributed by atoms with Crippen LogP contribution >= 0.6 is 11.6 Å². The van der Waals surface area contributed by atoms with E-state index in [1.807, 2.05) is 0 Å². The van der Waals surface area contributed by atoms with Crippen LogP contribution in [0, 0.1) is 0 Å². The van der Waals surface area contributed by atoms with Crippen LogP contribution in [0.3, 0.4) is 0 Å². The van der Waals surface area contributed by atoms with E-state index in [1.54, 1.807) is 24.3 Å². The first-order chi connectivity index (χ1) is 10.2. The molecule has 1 aromatic rings.